The van der Waals surface area contributed by atoms with Crippen LogP contribution in [0.4, 0.5) is 0 Å². The average Bonchev–Trinajstić information content (AvgIpc) is 3.27. The smallest absolute Gasteiger partial charge is 0.250 e. The summed E-state index contributed by atoms with van der Waals surface area (Å²) in [7, 11) is 0. The molecule has 0 aliphatic carbocycles. The lowest BCUT2D eigenvalue weighted by Gasteiger charge is -2.07. The zero-order chi connectivity index (χ0) is 23.0. The van der Waals surface area contributed by atoms with Crippen molar-refractivity contribution in [3.63, 3.8) is 0 Å². The molecule has 0 radical (unpaired) electrons. The molecular weight excluding hydrogens is 454 g/mol. The molecule has 0 spiro atoms. The molecule has 0 unspecified atom stereocenters. The molecule has 4 rings (SSSR count). The second-order valence-electron chi connectivity index (χ2n) is 7.13. The van der Waals surface area contributed by atoms with Gasteiger partial charge in [-0.2, -0.15) is 5.10 Å². The van der Waals surface area contributed by atoms with Gasteiger partial charge in [0.25, 0.3) is 5.91 Å². The minimum Gasteiger partial charge on any atom is -0.302 e. The van der Waals surface area contributed by atoms with E-state index in [-0.39, 0.29) is 11.7 Å². The first-order valence-electron chi connectivity index (χ1n) is 10.4. The summed E-state index contributed by atoms with van der Waals surface area (Å²) < 4.78 is 1.97. The number of hydrogen-bond donors (Lipinski definition) is 1. The molecule has 1 aromatic heterocycles. The third-order valence-electron chi connectivity index (χ3n) is 4.89. The maximum Gasteiger partial charge on any atom is 0.250 e. The van der Waals surface area contributed by atoms with Crippen LogP contribution in [0, 0.1) is 0 Å². The molecule has 0 aliphatic heterocycles. The van der Waals surface area contributed by atoms with Crippen molar-refractivity contribution >= 4 is 35.5 Å². The molecule has 1 amide bonds. The summed E-state index contributed by atoms with van der Waals surface area (Å²) in [6, 6.07) is 25.6. The second-order valence-corrected chi connectivity index (χ2v) is 8.51. The molecule has 0 atom stereocenters. The highest BCUT2D eigenvalue weighted by atomic mass is 35.5. The van der Waals surface area contributed by atoms with Gasteiger partial charge in [0.2, 0.25) is 0 Å². The number of carbonyl (C=O) groups is 1. The van der Waals surface area contributed by atoms with E-state index in [1.165, 1.54) is 11.8 Å². The topological polar surface area (TPSA) is 72.2 Å². The Morgan fingerprint density at radius 2 is 1.64 bits per heavy atom. The van der Waals surface area contributed by atoms with Crippen molar-refractivity contribution in [3.8, 4) is 22.5 Å². The molecule has 1 heterocycles. The number of aromatic nitrogens is 3. The van der Waals surface area contributed by atoms with Gasteiger partial charge in [-0.3, -0.25) is 4.79 Å². The van der Waals surface area contributed by atoms with Gasteiger partial charge < -0.3 is 4.57 Å². The van der Waals surface area contributed by atoms with E-state index in [4.69, 9.17) is 11.6 Å². The van der Waals surface area contributed by atoms with Gasteiger partial charge in [-0.25, -0.2) is 5.43 Å². The molecule has 0 bridgehead atoms. The molecule has 3 aromatic carbocycles. The van der Waals surface area contributed by atoms with E-state index < -0.39 is 0 Å². The predicted molar refractivity (Wildman–Crippen MR) is 134 cm³/mol. The Labute approximate surface area is 201 Å². The summed E-state index contributed by atoms with van der Waals surface area (Å²) in [4.78, 5) is 12.2. The van der Waals surface area contributed by atoms with E-state index in [0.29, 0.717) is 16.7 Å². The molecule has 6 nitrogen and oxygen atoms in total. The van der Waals surface area contributed by atoms with Gasteiger partial charge in [0.1, 0.15) is 0 Å². The second kappa shape index (κ2) is 10.9. The van der Waals surface area contributed by atoms with E-state index >= 15 is 0 Å². The maximum atomic E-state index is 12.2. The molecule has 1 N–H and O–H groups in total. The number of carbonyl (C=O) groups excluding carboxylic acids is 1. The van der Waals surface area contributed by atoms with Crippen LogP contribution in [-0.4, -0.2) is 32.6 Å². The Bertz CT molecular complexity index is 1240. The number of hydrogen-bond acceptors (Lipinski definition) is 5. The lowest BCUT2D eigenvalue weighted by atomic mass is 10.0. The van der Waals surface area contributed by atoms with E-state index in [1.54, 1.807) is 6.21 Å². The molecular formula is C25H22ClN5OS. The fourth-order valence-corrected chi connectivity index (χ4v) is 4.15. The van der Waals surface area contributed by atoms with Gasteiger partial charge in [-0.1, -0.05) is 78.0 Å². The van der Waals surface area contributed by atoms with Gasteiger partial charge >= 0.3 is 0 Å². The summed E-state index contributed by atoms with van der Waals surface area (Å²) in [5, 5.41) is 13.9. The number of hydrazone groups is 1. The molecule has 33 heavy (non-hydrogen) atoms. The van der Waals surface area contributed by atoms with Gasteiger partial charge in [-0.05, 0) is 47.9 Å². The van der Waals surface area contributed by atoms with Gasteiger partial charge in [-0.15, -0.1) is 10.2 Å². The Kier molecular flexibility index (Phi) is 7.55. The maximum absolute atomic E-state index is 12.2. The summed E-state index contributed by atoms with van der Waals surface area (Å²) in [6.45, 7) is 2.70. The fraction of sp³-hybridized carbons (Fsp3) is 0.120. The molecule has 0 aliphatic rings. The first-order valence-corrected chi connectivity index (χ1v) is 11.8. The van der Waals surface area contributed by atoms with Crippen molar-refractivity contribution in [2.45, 2.75) is 18.6 Å². The quantitative estimate of drug-likeness (QED) is 0.207. The van der Waals surface area contributed by atoms with E-state index in [2.05, 4.69) is 32.9 Å². The van der Waals surface area contributed by atoms with Crippen LogP contribution < -0.4 is 5.43 Å². The standard InChI is InChI=1S/C25H22ClN5OS/c1-2-31-24(21-12-14-22(26)15-13-21)29-30-25(31)33-17-23(32)28-27-16-18-8-10-20(11-9-18)19-6-4-3-5-7-19/h3-16H,2,17H2,1H3,(H,28,32)/b27-16-. The number of rotatable bonds is 8. The van der Waals surface area contributed by atoms with E-state index in [9.17, 15) is 4.79 Å². The minimum absolute atomic E-state index is 0.184. The summed E-state index contributed by atoms with van der Waals surface area (Å²) in [5.74, 6) is 0.716. The van der Waals surface area contributed by atoms with Crippen LogP contribution in [0.25, 0.3) is 22.5 Å². The number of thioether (sulfide) groups is 1. The Morgan fingerprint density at radius 3 is 2.33 bits per heavy atom. The highest BCUT2D eigenvalue weighted by Crippen LogP contribution is 2.25. The predicted octanol–water partition coefficient (Wildman–Crippen LogP) is 5.53. The molecule has 166 valence electrons. The van der Waals surface area contributed by atoms with Crippen molar-refractivity contribution in [1.29, 1.82) is 0 Å². The van der Waals surface area contributed by atoms with E-state index in [1.807, 2.05) is 78.2 Å². The fourth-order valence-electron chi connectivity index (χ4n) is 3.23. The number of amides is 1. The normalized spacial score (nSPS) is 11.1. The molecule has 0 saturated carbocycles. The first-order chi connectivity index (χ1) is 16.1. The Morgan fingerprint density at radius 1 is 0.970 bits per heavy atom. The largest absolute Gasteiger partial charge is 0.302 e. The molecule has 0 saturated heterocycles. The van der Waals surface area contributed by atoms with Crippen LogP contribution in [0.5, 0.6) is 0 Å². The van der Waals surface area contributed by atoms with Crippen molar-refractivity contribution in [2.75, 3.05) is 5.75 Å². The lowest BCUT2D eigenvalue weighted by molar-refractivity contribution is -0.118. The summed E-state index contributed by atoms with van der Waals surface area (Å²) in [5.41, 5.74) is 6.68. The summed E-state index contributed by atoms with van der Waals surface area (Å²) in [6.07, 6.45) is 1.63. The van der Waals surface area contributed by atoms with Crippen molar-refractivity contribution in [2.24, 2.45) is 5.10 Å². The van der Waals surface area contributed by atoms with Gasteiger partial charge in [0.15, 0.2) is 11.0 Å². The monoisotopic (exact) mass is 475 g/mol. The third-order valence-corrected chi connectivity index (χ3v) is 6.11. The van der Waals surface area contributed by atoms with Crippen molar-refractivity contribution < 1.29 is 4.79 Å². The van der Waals surface area contributed by atoms with Crippen molar-refractivity contribution in [1.82, 2.24) is 20.2 Å². The molecule has 4 aromatic rings. The van der Waals surface area contributed by atoms with Crippen molar-refractivity contribution in [3.05, 3.63) is 89.4 Å². The van der Waals surface area contributed by atoms with Crippen LogP contribution >= 0.6 is 23.4 Å². The van der Waals surface area contributed by atoms with Gasteiger partial charge in [0.05, 0.1) is 12.0 Å². The number of halogens is 1. The van der Waals surface area contributed by atoms with Gasteiger partial charge in [0, 0.05) is 17.1 Å². The molecule has 8 heteroatoms. The van der Waals surface area contributed by atoms with E-state index in [0.717, 1.165) is 28.1 Å². The highest BCUT2D eigenvalue weighted by Gasteiger charge is 2.14. The Balaban J connectivity index is 1.31. The number of benzene rings is 3. The lowest BCUT2D eigenvalue weighted by Crippen LogP contribution is -2.20. The summed E-state index contributed by atoms with van der Waals surface area (Å²) >= 11 is 7.29. The zero-order valence-electron chi connectivity index (χ0n) is 18.0. The highest BCUT2D eigenvalue weighted by molar-refractivity contribution is 7.99. The first kappa shape index (κ1) is 22.8. The zero-order valence-corrected chi connectivity index (χ0v) is 19.6. The number of nitrogens with zero attached hydrogens (tertiary/aromatic N) is 4. The van der Waals surface area contributed by atoms with Crippen LogP contribution in [0.3, 0.4) is 0 Å². The SMILES string of the molecule is CCn1c(SCC(=O)N/N=C\c2ccc(-c3ccccc3)cc2)nnc1-c1ccc(Cl)cc1. The van der Waals surface area contributed by atoms with Crippen LogP contribution in [0.15, 0.2) is 89.1 Å². The third kappa shape index (κ3) is 5.88. The number of nitrogens with one attached hydrogen (secondary N) is 1. The minimum atomic E-state index is -0.212. The van der Waals surface area contributed by atoms with Crippen LogP contribution in [-0.2, 0) is 11.3 Å². The Hall–Kier alpha value is -3.42. The van der Waals surface area contributed by atoms with Crippen LogP contribution in [0.2, 0.25) is 5.02 Å². The average molecular weight is 476 g/mol. The molecule has 0 fully saturated rings. The van der Waals surface area contributed by atoms with Crippen LogP contribution in [0.1, 0.15) is 12.5 Å².